The number of allylic oxidation sites excluding steroid dienone is 2. The van der Waals surface area contributed by atoms with Gasteiger partial charge < -0.3 is 5.32 Å². The van der Waals surface area contributed by atoms with Gasteiger partial charge in [0.2, 0.25) is 17.7 Å². The Labute approximate surface area is 187 Å². The third-order valence-electron chi connectivity index (χ3n) is 7.90. The van der Waals surface area contributed by atoms with Crippen molar-refractivity contribution < 1.29 is 14.4 Å². The number of anilines is 1. The summed E-state index contributed by atoms with van der Waals surface area (Å²) in [4.78, 5) is 42.0. The van der Waals surface area contributed by atoms with Crippen LogP contribution in [-0.2, 0) is 20.8 Å². The highest BCUT2D eigenvalue weighted by Gasteiger charge is 2.67. The number of carbonyl (C=O) groups is 3. The van der Waals surface area contributed by atoms with Crippen molar-refractivity contribution in [2.75, 3.05) is 5.32 Å². The summed E-state index contributed by atoms with van der Waals surface area (Å²) < 4.78 is 0. The Bertz CT molecular complexity index is 1090. The molecule has 32 heavy (non-hydrogen) atoms. The molecule has 5 nitrogen and oxygen atoms in total. The predicted octanol–water partition coefficient (Wildman–Crippen LogP) is 3.60. The van der Waals surface area contributed by atoms with E-state index in [0.717, 1.165) is 17.5 Å². The van der Waals surface area contributed by atoms with Gasteiger partial charge in [0.1, 0.15) is 6.04 Å². The van der Waals surface area contributed by atoms with Crippen molar-refractivity contribution in [3.8, 4) is 0 Å². The highest BCUT2D eigenvalue weighted by molar-refractivity contribution is 6.10. The van der Waals surface area contributed by atoms with Gasteiger partial charge in [0.15, 0.2) is 0 Å². The fraction of sp³-hybridized carbons (Fsp3) is 0.370. The first-order valence-electron chi connectivity index (χ1n) is 11.5. The summed E-state index contributed by atoms with van der Waals surface area (Å²) in [5, 5.41) is 2.94. The van der Waals surface area contributed by atoms with Crippen LogP contribution in [0.15, 0.2) is 66.7 Å². The molecular weight excluding hydrogens is 400 g/mol. The molecule has 5 aliphatic rings. The van der Waals surface area contributed by atoms with Gasteiger partial charge >= 0.3 is 0 Å². The van der Waals surface area contributed by atoms with Gasteiger partial charge in [-0.2, -0.15) is 0 Å². The highest BCUT2D eigenvalue weighted by Crippen LogP contribution is 2.65. The molecule has 0 aromatic heterocycles. The van der Waals surface area contributed by atoms with Crippen LogP contribution in [-0.4, -0.2) is 28.7 Å². The van der Waals surface area contributed by atoms with Crippen molar-refractivity contribution in [2.45, 2.75) is 25.8 Å². The fourth-order valence-electron chi connectivity index (χ4n) is 6.29. The average molecular weight is 427 g/mol. The zero-order valence-corrected chi connectivity index (χ0v) is 18.0. The van der Waals surface area contributed by atoms with Crippen molar-refractivity contribution in [2.24, 2.45) is 35.5 Å². The van der Waals surface area contributed by atoms with E-state index in [2.05, 4.69) is 17.5 Å². The lowest BCUT2D eigenvalue weighted by Crippen LogP contribution is -2.49. The molecule has 0 unspecified atom stereocenters. The minimum atomic E-state index is -0.861. The zero-order valence-electron chi connectivity index (χ0n) is 18.0. The molecule has 1 aliphatic heterocycles. The Kier molecular flexibility index (Phi) is 4.36. The minimum absolute atomic E-state index is 0.147. The number of nitrogens with zero attached hydrogens (tertiary/aromatic N) is 1. The number of hydrogen-bond donors (Lipinski definition) is 1. The molecule has 2 aromatic rings. The van der Waals surface area contributed by atoms with E-state index in [-0.39, 0.29) is 41.4 Å². The van der Waals surface area contributed by atoms with Crippen LogP contribution >= 0.6 is 0 Å². The molecule has 2 bridgehead atoms. The van der Waals surface area contributed by atoms with E-state index in [0.29, 0.717) is 23.9 Å². The molecule has 162 valence electrons. The van der Waals surface area contributed by atoms with Gasteiger partial charge in [-0.1, -0.05) is 60.2 Å². The number of imide groups is 1. The molecule has 7 rings (SSSR count). The molecule has 1 heterocycles. The van der Waals surface area contributed by atoms with E-state index in [4.69, 9.17) is 0 Å². The number of hydrogen-bond acceptors (Lipinski definition) is 3. The fourth-order valence-corrected chi connectivity index (χ4v) is 6.29. The van der Waals surface area contributed by atoms with E-state index >= 15 is 0 Å². The lowest BCUT2D eigenvalue weighted by Gasteiger charge is -2.37. The number of rotatable bonds is 5. The quantitative estimate of drug-likeness (QED) is 0.587. The number of amides is 3. The summed E-state index contributed by atoms with van der Waals surface area (Å²) in [6.45, 7) is 1.99. The first-order chi connectivity index (χ1) is 15.5. The second-order valence-electron chi connectivity index (χ2n) is 9.76. The highest BCUT2D eigenvalue weighted by atomic mass is 16.2. The smallest absolute Gasteiger partial charge is 0.248 e. The first-order valence-corrected chi connectivity index (χ1v) is 11.5. The van der Waals surface area contributed by atoms with Crippen LogP contribution in [0.25, 0.3) is 0 Å². The molecule has 2 aromatic carbocycles. The minimum Gasteiger partial charge on any atom is -0.324 e. The predicted molar refractivity (Wildman–Crippen MR) is 120 cm³/mol. The summed E-state index contributed by atoms with van der Waals surface area (Å²) in [7, 11) is 0. The molecule has 7 atom stereocenters. The largest absolute Gasteiger partial charge is 0.324 e. The van der Waals surface area contributed by atoms with Crippen LogP contribution in [0, 0.1) is 42.4 Å². The molecule has 0 radical (unpaired) electrons. The maximum atomic E-state index is 13.6. The third kappa shape index (κ3) is 2.94. The van der Waals surface area contributed by atoms with Crippen molar-refractivity contribution in [1.82, 2.24) is 4.90 Å². The molecule has 3 fully saturated rings. The van der Waals surface area contributed by atoms with Crippen LogP contribution in [0.4, 0.5) is 5.69 Å². The summed E-state index contributed by atoms with van der Waals surface area (Å²) in [6, 6.07) is 16.3. The van der Waals surface area contributed by atoms with Crippen molar-refractivity contribution in [3.63, 3.8) is 0 Å². The number of nitrogens with one attached hydrogen (secondary N) is 1. The van der Waals surface area contributed by atoms with Crippen LogP contribution < -0.4 is 5.32 Å². The monoisotopic (exact) mass is 426 g/mol. The van der Waals surface area contributed by atoms with E-state index in [1.165, 1.54) is 4.90 Å². The Hall–Kier alpha value is -3.21. The summed E-state index contributed by atoms with van der Waals surface area (Å²) in [5.74, 6) is 0.132. The molecule has 4 aliphatic carbocycles. The van der Waals surface area contributed by atoms with Gasteiger partial charge in [0, 0.05) is 12.1 Å². The Morgan fingerprint density at radius 1 is 0.938 bits per heavy atom. The molecule has 2 saturated carbocycles. The summed E-state index contributed by atoms with van der Waals surface area (Å²) in [6.07, 6.45) is 5.75. The van der Waals surface area contributed by atoms with Gasteiger partial charge in [0.05, 0.1) is 11.8 Å². The van der Waals surface area contributed by atoms with Crippen LogP contribution in [0.1, 0.15) is 17.5 Å². The first kappa shape index (κ1) is 19.5. The van der Waals surface area contributed by atoms with Crippen LogP contribution in [0.5, 0.6) is 0 Å². The Balaban J connectivity index is 1.33. The number of aryl methyl sites for hydroxylation is 1. The second-order valence-corrected chi connectivity index (χ2v) is 9.76. The SMILES string of the molecule is Cc1ccc(NC(=O)[C@H](Cc2ccccc2)N2C(=O)[C@@H]3[C@H]4C=C[C@@H]([C@@H]5C[C@H]45)[C@@H]3C2=O)cc1. The lowest BCUT2D eigenvalue weighted by molar-refractivity contribution is -0.146. The second kappa shape index (κ2) is 7.16. The molecule has 5 heteroatoms. The molecular formula is C27H26N2O3. The number of benzene rings is 2. The van der Waals surface area contributed by atoms with Gasteiger partial charge in [-0.3, -0.25) is 19.3 Å². The normalized spacial score (nSPS) is 32.5. The van der Waals surface area contributed by atoms with E-state index < -0.39 is 6.04 Å². The van der Waals surface area contributed by atoms with Gasteiger partial charge in [-0.25, -0.2) is 0 Å². The third-order valence-corrected chi connectivity index (χ3v) is 7.90. The summed E-state index contributed by atoms with van der Waals surface area (Å²) >= 11 is 0. The van der Waals surface area contributed by atoms with Gasteiger partial charge in [0.25, 0.3) is 0 Å². The zero-order chi connectivity index (χ0) is 22.0. The maximum absolute atomic E-state index is 13.6. The van der Waals surface area contributed by atoms with E-state index in [9.17, 15) is 14.4 Å². The number of likely N-dealkylation sites (tertiary alicyclic amines) is 1. The van der Waals surface area contributed by atoms with Gasteiger partial charge in [-0.05, 0) is 54.7 Å². The van der Waals surface area contributed by atoms with Crippen molar-refractivity contribution in [3.05, 3.63) is 77.9 Å². The van der Waals surface area contributed by atoms with E-state index in [1.807, 2.05) is 61.5 Å². The molecule has 1 saturated heterocycles. The topological polar surface area (TPSA) is 66.5 Å². The molecule has 3 amide bonds. The standard InChI is InChI=1S/C27H26N2O3/c1-15-7-9-17(10-8-15)28-25(30)22(13-16-5-3-2-4-6-16)29-26(31)23-18-11-12-19(21-14-20(18)21)24(23)27(29)32/h2-12,18-24H,13-14H2,1H3,(H,28,30)/t18-,19-,20-,21+,22-,23-,24+/m0/s1. The van der Waals surface area contributed by atoms with Crippen molar-refractivity contribution >= 4 is 23.4 Å². The Morgan fingerprint density at radius 2 is 1.53 bits per heavy atom. The van der Waals surface area contributed by atoms with Crippen LogP contribution in [0.2, 0.25) is 0 Å². The molecule has 1 N–H and O–H groups in total. The van der Waals surface area contributed by atoms with E-state index in [1.54, 1.807) is 0 Å². The van der Waals surface area contributed by atoms with Crippen molar-refractivity contribution in [1.29, 1.82) is 0 Å². The number of carbonyl (C=O) groups excluding carboxylic acids is 3. The maximum Gasteiger partial charge on any atom is 0.248 e. The summed E-state index contributed by atoms with van der Waals surface area (Å²) in [5.41, 5.74) is 2.69. The Morgan fingerprint density at radius 3 is 2.12 bits per heavy atom. The lowest BCUT2D eigenvalue weighted by atomic mass is 9.63. The molecule has 0 spiro atoms. The van der Waals surface area contributed by atoms with Crippen LogP contribution in [0.3, 0.4) is 0 Å². The average Bonchev–Trinajstić information content (AvgIpc) is 3.58. The van der Waals surface area contributed by atoms with Gasteiger partial charge in [-0.15, -0.1) is 0 Å².